The fraction of sp³-hybridized carbons (Fsp3) is 0.385. The molecule has 3 rings (SSSR count). The zero-order valence-corrected chi connectivity index (χ0v) is 12.3. The Morgan fingerprint density at radius 2 is 2.18 bits per heavy atom. The maximum Gasteiger partial charge on any atom is 0.252 e. The first-order valence-electron chi connectivity index (χ1n) is 6.99. The number of nitrogens with one attached hydrogen (secondary N) is 1. The molecule has 0 aliphatic heterocycles. The van der Waals surface area contributed by atoms with E-state index in [1.165, 1.54) is 4.52 Å². The Kier molecular flexibility index (Phi) is 3.77. The minimum absolute atomic E-state index is 0.173. The maximum atomic E-state index is 12.1. The summed E-state index contributed by atoms with van der Waals surface area (Å²) in [6.07, 6.45) is 3.92. The van der Waals surface area contributed by atoms with Gasteiger partial charge in [0.2, 0.25) is 0 Å². The van der Waals surface area contributed by atoms with Crippen LogP contribution in [0.15, 0.2) is 24.7 Å². The molecule has 0 aromatic carbocycles. The lowest BCUT2D eigenvalue weighted by Gasteiger charge is -2.10. The number of nitrogens with zero attached hydrogens (tertiary/aromatic N) is 7. The van der Waals surface area contributed by atoms with E-state index in [0.717, 1.165) is 5.82 Å². The van der Waals surface area contributed by atoms with Crippen molar-refractivity contribution in [2.75, 3.05) is 6.54 Å². The van der Waals surface area contributed by atoms with E-state index in [9.17, 15) is 4.79 Å². The number of carbonyl (C=O) groups excluding carboxylic acids is 1. The second-order valence-corrected chi connectivity index (χ2v) is 5.15. The zero-order chi connectivity index (χ0) is 15.5. The van der Waals surface area contributed by atoms with Crippen molar-refractivity contribution in [2.24, 2.45) is 0 Å². The molecule has 0 radical (unpaired) electrons. The molecule has 9 nitrogen and oxygen atoms in total. The molecule has 9 heteroatoms. The van der Waals surface area contributed by atoms with Gasteiger partial charge in [0.15, 0.2) is 5.65 Å². The van der Waals surface area contributed by atoms with Crippen LogP contribution >= 0.6 is 0 Å². The van der Waals surface area contributed by atoms with Crippen molar-refractivity contribution in [1.82, 2.24) is 40.1 Å². The molecule has 1 N–H and O–H groups in total. The first kappa shape index (κ1) is 14.1. The molecule has 3 aromatic rings. The van der Waals surface area contributed by atoms with E-state index < -0.39 is 0 Å². The van der Waals surface area contributed by atoms with Crippen LogP contribution in [-0.2, 0) is 6.42 Å². The van der Waals surface area contributed by atoms with Gasteiger partial charge < -0.3 is 9.88 Å². The molecule has 0 fully saturated rings. The van der Waals surface area contributed by atoms with E-state index in [-0.39, 0.29) is 5.91 Å². The average molecular weight is 300 g/mol. The lowest BCUT2D eigenvalue weighted by atomic mass is 10.2. The Morgan fingerprint density at radius 1 is 1.32 bits per heavy atom. The monoisotopic (exact) mass is 300 g/mol. The number of pyridine rings is 1. The predicted molar refractivity (Wildman–Crippen MR) is 77.2 cm³/mol. The van der Waals surface area contributed by atoms with Crippen LogP contribution in [-0.4, -0.2) is 47.3 Å². The Balaban J connectivity index is 1.61. The van der Waals surface area contributed by atoms with Gasteiger partial charge in [0.25, 0.3) is 5.91 Å². The van der Waals surface area contributed by atoms with Gasteiger partial charge >= 0.3 is 0 Å². The Morgan fingerprint density at radius 3 is 3.00 bits per heavy atom. The summed E-state index contributed by atoms with van der Waals surface area (Å²) in [6, 6.07) is 3.69. The number of carbonyl (C=O) groups is 1. The van der Waals surface area contributed by atoms with Gasteiger partial charge in [-0.2, -0.15) is 4.52 Å². The molecule has 0 aliphatic rings. The summed E-state index contributed by atoms with van der Waals surface area (Å²) in [6.45, 7) is 4.61. The lowest BCUT2D eigenvalue weighted by molar-refractivity contribution is 0.0953. The SMILES string of the molecule is CC(C)n1cnnc1CCNC(=O)c1ccc2nnnn2c1. The summed E-state index contributed by atoms with van der Waals surface area (Å²) < 4.78 is 3.45. The van der Waals surface area contributed by atoms with Crippen molar-refractivity contribution in [3.63, 3.8) is 0 Å². The fourth-order valence-electron chi connectivity index (χ4n) is 2.14. The number of aromatic nitrogens is 7. The van der Waals surface area contributed by atoms with Crippen molar-refractivity contribution in [1.29, 1.82) is 0 Å². The number of tetrazole rings is 1. The van der Waals surface area contributed by atoms with Gasteiger partial charge in [0, 0.05) is 25.2 Å². The molecule has 0 spiro atoms. The highest BCUT2D eigenvalue weighted by atomic mass is 16.1. The number of fused-ring (bicyclic) bond motifs is 1. The van der Waals surface area contributed by atoms with E-state index in [1.54, 1.807) is 24.7 Å². The van der Waals surface area contributed by atoms with Crippen molar-refractivity contribution in [3.8, 4) is 0 Å². The van der Waals surface area contributed by atoms with E-state index in [2.05, 4.69) is 44.9 Å². The summed E-state index contributed by atoms with van der Waals surface area (Å²) in [4.78, 5) is 12.1. The molecule has 114 valence electrons. The van der Waals surface area contributed by atoms with E-state index in [1.807, 2.05) is 4.57 Å². The van der Waals surface area contributed by atoms with Gasteiger partial charge in [-0.3, -0.25) is 4.79 Å². The largest absolute Gasteiger partial charge is 0.352 e. The van der Waals surface area contributed by atoms with Gasteiger partial charge in [-0.25, -0.2) is 0 Å². The molecule has 1 amide bonds. The highest BCUT2D eigenvalue weighted by Gasteiger charge is 2.10. The van der Waals surface area contributed by atoms with E-state index in [0.29, 0.717) is 30.2 Å². The first-order chi connectivity index (χ1) is 10.6. The number of hydrogen-bond donors (Lipinski definition) is 1. The second-order valence-electron chi connectivity index (χ2n) is 5.15. The normalized spacial score (nSPS) is 11.2. The summed E-state index contributed by atoms with van der Waals surface area (Å²) in [5, 5.41) is 21.9. The van der Waals surface area contributed by atoms with Crippen LogP contribution in [0.5, 0.6) is 0 Å². The third-order valence-electron chi connectivity index (χ3n) is 3.29. The quantitative estimate of drug-likeness (QED) is 0.725. The summed E-state index contributed by atoms with van der Waals surface area (Å²) in [5.41, 5.74) is 1.10. The van der Waals surface area contributed by atoms with E-state index in [4.69, 9.17) is 0 Å². The molecule has 0 aliphatic carbocycles. The van der Waals surface area contributed by atoms with Crippen molar-refractivity contribution < 1.29 is 4.79 Å². The van der Waals surface area contributed by atoms with Crippen LogP contribution in [0.3, 0.4) is 0 Å². The van der Waals surface area contributed by atoms with Crippen LogP contribution in [0.1, 0.15) is 36.1 Å². The van der Waals surface area contributed by atoms with Crippen molar-refractivity contribution in [3.05, 3.63) is 36.0 Å². The molecule has 0 atom stereocenters. The fourth-order valence-corrected chi connectivity index (χ4v) is 2.14. The summed E-state index contributed by atoms with van der Waals surface area (Å²) >= 11 is 0. The molecule has 22 heavy (non-hydrogen) atoms. The standard InChI is InChI=1S/C13H16N8O/c1-9(2)20-8-15-16-11(20)5-6-14-13(22)10-3-4-12-17-18-19-21(12)7-10/h3-4,7-9H,5-6H2,1-2H3,(H,14,22). The molecular weight excluding hydrogens is 284 g/mol. The van der Waals surface area contributed by atoms with Crippen LogP contribution < -0.4 is 5.32 Å². The Hall–Kier alpha value is -2.84. The predicted octanol–water partition coefficient (Wildman–Crippen LogP) is 0.269. The summed E-state index contributed by atoms with van der Waals surface area (Å²) in [5.74, 6) is 0.680. The van der Waals surface area contributed by atoms with Crippen molar-refractivity contribution in [2.45, 2.75) is 26.3 Å². The summed E-state index contributed by atoms with van der Waals surface area (Å²) in [7, 11) is 0. The van der Waals surface area contributed by atoms with Gasteiger partial charge in [0.05, 0.1) is 5.56 Å². The second kappa shape index (κ2) is 5.88. The average Bonchev–Trinajstić information content (AvgIpc) is 3.14. The molecule has 0 saturated carbocycles. The minimum Gasteiger partial charge on any atom is -0.352 e. The zero-order valence-electron chi connectivity index (χ0n) is 12.3. The topological polar surface area (TPSA) is 103 Å². The third kappa shape index (κ3) is 2.78. The molecule has 3 heterocycles. The van der Waals surface area contributed by atoms with Crippen molar-refractivity contribution >= 4 is 11.6 Å². The smallest absolute Gasteiger partial charge is 0.252 e. The molecule has 3 aromatic heterocycles. The van der Waals surface area contributed by atoms with Gasteiger partial charge in [-0.05, 0) is 36.4 Å². The van der Waals surface area contributed by atoms with Gasteiger partial charge in [0.1, 0.15) is 12.2 Å². The number of rotatable bonds is 5. The van der Waals surface area contributed by atoms with Crippen LogP contribution in [0.2, 0.25) is 0 Å². The Labute approximate surface area is 126 Å². The van der Waals surface area contributed by atoms with Gasteiger partial charge in [-0.15, -0.1) is 15.3 Å². The number of hydrogen-bond acceptors (Lipinski definition) is 6. The van der Waals surface area contributed by atoms with Crippen LogP contribution in [0.25, 0.3) is 5.65 Å². The molecule has 0 saturated heterocycles. The first-order valence-corrected chi connectivity index (χ1v) is 6.99. The van der Waals surface area contributed by atoms with Crippen LogP contribution in [0.4, 0.5) is 0 Å². The number of amides is 1. The minimum atomic E-state index is -0.173. The molecule has 0 bridgehead atoms. The highest BCUT2D eigenvalue weighted by molar-refractivity contribution is 5.94. The third-order valence-corrected chi connectivity index (χ3v) is 3.29. The molecule has 0 unspecified atom stereocenters. The maximum absolute atomic E-state index is 12.1. The molecular formula is C13H16N8O. The highest BCUT2D eigenvalue weighted by Crippen LogP contribution is 2.07. The van der Waals surface area contributed by atoms with Gasteiger partial charge in [-0.1, -0.05) is 0 Å². The van der Waals surface area contributed by atoms with E-state index >= 15 is 0 Å². The van der Waals surface area contributed by atoms with Crippen LogP contribution in [0, 0.1) is 0 Å². The lowest BCUT2D eigenvalue weighted by Crippen LogP contribution is -2.27. The Bertz CT molecular complexity index is 790.